The summed E-state index contributed by atoms with van der Waals surface area (Å²) in [5, 5.41) is 15.9. The number of rotatable bonds is 9. The number of amides is 3. The third-order valence-electron chi connectivity index (χ3n) is 5.73. The first-order chi connectivity index (χ1) is 18.0. The van der Waals surface area contributed by atoms with Crippen LogP contribution in [0.5, 0.6) is 5.75 Å². The summed E-state index contributed by atoms with van der Waals surface area (Å²) in [6.07, 6.45) is 2.19. The van der Waals surface area contributed by atoms with Gasteiger partial charge in [-0.05, 0) is 18.6 Å². The third-order valence-corrected chi connectivity index (χ3v) is 5.73. The first-order valence-electron chi connectivity index (χ1n) is 11.7. The van der Waals surface area contributed by atoms with Crippen LogP contribution in [0.4, 0.5) is 22.0 Å². The average molecular weight is 507 g/mol. The molecular weight excluding hydrogens is 483 g/mol. The SMILES string of the molecule is [B]C([B])([B])NC(=O)c1nnc(N2CCN(C(=C)CC)C2=O)cc1Nc1cccc(-c2ncn(C)n2)c1OC. The van der Waals surface area contributed by atoms with E-state index in [0.717, 1.165) is 0 Å². The van der Waals surface area contributed by atoms with Gasteiger partial charge in [-0.1, -0.05) is 24.8 Å². The highest BCUT2D eigenvalue weighted by Crippen LogP contribution is 2.37. The summed E-state index contributed by atoms with van der Waals surface area (Å²) < 4.78 is 7.23. The Bertz CT molecular complexity index is 1390. The smallest absolute Gasteiger partial charge is 0.330 e. The van der Waals surface area contributed by atoms with Crippen LogP contribution in [-0.2, 0) is 7.05 Å². The molecule has 1 fully saturated rings. The highest BCUT2D eigenvalue weighted by atomic mass is 16.5. The molecule has 1 aromatic carbocycles. The molecule has 0 atom stereocenters. The summed E-state index contributed by atoms with van der Waals surface area (Å²) in [5.41, 5.74) is 1.80. The number of carbonyl (C=O) groups excluding carboxylic acids is 2. The zero-order chi connectivity index (χ0) is 27.6. The highest BCUT2D eigenvalue weighted by Gasteiger charge is 2.33. The number of anilines is 3. The van der Waals surface area contributed by atoms with Gasteiger partial charge in [0.05, 0.1) is 47.6 Å². The monoisotopic (exact) mass is 507 g/mol. The minimum atomic E-state index is -2.00. The zero-order valence-electron chi connectivity index (χ0n) is 21.3. The molecule has 3 aromatic rings. The first-order valence-corrected chi connectivity index (χ1v) is 11.7. The minimum Gasteiger partial charge on any atom is -0.494 e. The van der Waals surface area contributed by atoms with Gasteiger partial charge in [-0.15, -0.1) is 10.2 Å². The molecule has 12 nitrogen and oxygen atoms in total. The number of carbonyl (C=O) groups is 2. The summed E-state index contributed by atoms with van der Waals surface area (Å²) in [5.74, 6) is 0.297. The largest absolute Gasteiger partial charge is 0.494 e. The van der Waals surface area contributed by atoms with Crippen molar-refractivity contribution in [2.24, 2.45) is 7.05 Å². The molecule has 15 heteroatoms. The molecule has 0 unspecified atom stereocenters. The molecular formula is C23H24B3N9O3. The molecule has 3 heterocycles. The van der Waals surface area contributed by atoms with Gasteiger partial charge in [-0.2, -0.15) is 5.10 Å². The molecule has 188 valence electrons. The topological polar surface area (TPSA) is 130 Å². The number of ether oxygens (including phenoxy) is 1. The van der Waals surface area contributed by atoms with Gasteiger partial charge in [0.15, 0.2) is 23.1 Å². The lowest BCUT2D eigenvalue weighted by atomic mass is 9.49. The molecule has 0 bridgehead atoms. The van der Waals surface area contributed by atoms with Crippen LogP contribution in [-0.4, -0.2) is 90.8 Å². The number of para-hydroxylation sites is 1. The lowest BCUT2D eigenvalue weighted by molar-refractivity contribution is 0.0947. The molecule has 4 rings (SSSR count). The fraction of sp³-hybridized carbons (Fsp3) is 0.304. The molecule has 0 saturated carbocycles. The minimum absolute atomic E-state index is 0.163. The van der Waals surface area contributed by atoms with Crippen LogP contribution in [0.15, 0.2) is 42.9 Å². The Kier molecular flexibility index (Phi) is 7.47. The second-order valence-electron chi connectivity index (χ2n) is 8.61. The van der Waals surface area contributed by atoms with E-state index >= 15 is 0 Å². The molecule has 38 heavy (non-hydrogen) atoms. The van der Waals surface area contributed by atoms with Crippen LogP contribution in [0.1, 0.15) is 23.8 Å². The molecule has 1 aliphatic rings. The lowest BCUT2D eigenvalue weighted by Gasteiger charge is -2.23. The Morgan fingerprint density at radius 1 is 1.21 bits per heavy atom. The quantitative estimate of drug-likeness (QED) is 0.412. The number of hydrogen-bond acceptors (Lipinski definition) is 8. The molecule has 0 aliphatic carbocycles. The molecule has 0 spiro atoms. The predicted octanol–water partition coefficient (Wildman–Crippen LogP) is 1.04. The predicted molar refractivity (Wildman–Crippen MR) is 145 cm³/mol. The van der Waals surface area contributed by atoms with Gasteiger partial charge in [0.2, 0.25) is 0 Å². The fourth-order valence-corrected chi connectivity index (χ4v) is 3.91. The Morgan fingerprint density at radius 3 is 2.61 bits per heavy atom. The normalized spacial score (nSPS) is 13.5. The summed E-state index contributed by atoms with van der Waals surface area (Å²) in [6, 6.07) is 6.54. The van der Waals surface area contributed by atoms with Gasteiger partial charge < -0.3 is 15.4 Å². The summed E-state index contributed by atoms with van der Waals surface area (Å²) in [4.78, 5) is 33.3. The van der Waals surface area contributed by atoms with Crippen molar-refractivity contribution in [3.05, 3.63) is 48.6 Å². The number of methoxy groups -OCH3 is 1. The van der Waals surface area contributed by atoms with Crippen LogP contribution < -0.4 is 20.3 Å². The van der Waals surface area contributed by atoms with Gasteiger partial charge in [0, 0.05) is 31.9 Å². The van der Waals surface area contributed by atoms with E-state index in [1.54, 1.807) is 41.2 Å². The molecule has 1 aliphatic heterocycles. The lowest BCUT2D eigenvalue weighted by Crippen LogP contribution is -2.50. The maximum Gasteiger partial charge on any atom is 0.330 e. The second kappa shape index (κ2) is 10.6. The summed E-state index contributed by atoms with van der Waals surface area (Å²) in [6.45, 7) is 6.67. The van der Waals surface area contributed by atoms with E-state index in [9.17, 15) is 9.59 Å². The molecule has 6 radical (unpaired) electrons. The van der Waals surface area contributed by atoms with Crippen LogP contribution in [0.3, 0.4) is 0 Å². The van der Waals surface area contributed by atoms with Crippen molar-refractivity contribution < 1.29 is 14.3 Å². The average Bonchev–Trinajstić information content (AvgIpc) is 3.47. The van der Waals surface area contributed by atoms with Crippen molar-refractivity contribution in [3.63, 3.8) is 0 Å². The zero-order valence-corrected chi connectivity index (χ0v) is 21.3. The van der Waals surface area contributed by atoms with Crippen molar-refractivity contribution in [3.8, 4) is 17.1 Å². The Hall–Kier alpha value is -4.29. The van der Waals surface area contributed by atoms with Crippen molar-refractivity contribution in [1.29, 1.82) is 0 Å². The third kappa shape index (κ3) is 5.51. The maximum atomic E-state index is 13.0. The van der Waals surface area contributed by atoms with Crippen molar-refractivity contribution in [1.82, 2.24) is 35.2 Å². The second-order valence-corrected chi connectivity index (χ2v) is 8.61. The van der Waals surface area contributed by atoms with E-state index in [2.05, 4.69) is 37.5 Å². The number of hydrogen-bond donors (Lipinski definition) is 2. The molecule has 1 saturated heterocycles. The Morgan fingerprint density at radius 2 is 1.97 bits per heavy atom. The van der Waals surface area contributed by atoms with Gasteiger partial charge in [0.1, 0.15) is 6.33 Å². The standard InChI is InChI=1S/C23H24B3N9O3/c1-5-13(2)34-9-10-35(22(34)37)17-11-16(18(31-30-17)21(36)29-23(24,25)26)28-15-8-6-7-14(19(15)38-4)20-27-12-33(3)32-20/h6-8,11-12H,2,5,9-10H2,1,3-4H3,(H,28,30)(H,29,36). The number of nitrogens with one attached hydrogen (secondary N) is 2. The number of urea groups is 1. The van der Waals surface area contributed by atoms with Crippen LogP contribution in [0, 0.1) is 0 Å². The van der Waals surface area contributed by atoms with Gasteiger partial charge >= 0.3 is 6.03 Å². The number of allylic oxidation sites excluding steroid dienone is 1. The highest BCUT2D eigenvalue weighted by molar-refractivity contribution is 6.60. The Labute approximate surface area is 224 Å². The van der Waals surface area contributed by atoms with Crippen LogP contribution in [0.2, 0.25) is 0 Å². The number of aromatic nitrogens is 5. The van der Waals surface area contributed by atoms with E-state index in [-0.39, 0.29) is 23.2 Å². The van der Waals surface area contributed by atoms with Gasteiger partial charge in [0.25, 0.3) is 5.91 Å². The van der Waals surface area contributed by atoms with Gasteiger partial charge in [-0.3, -0.25) is 19.3 Å². The van der Waals surface area contributed by atoms with Crippen LogP contribution >= 0.6 is 0 Å². The van der Waals surface area contributed by atoms with Crippen molar-refractivity contribution in [2.75, 3.05) is 30.4 Å². The van der Waals surface area contributed by atoms with Crippen molar-refractivity contribution >= 4 is 52.7 Å². The van der Waals surface area contributed by atoms with E-state index in [0.29, 0.717) is 48.0 Å². The van der Waals surface area contributed by atoms with Gasteiger partial charge in [-0.25, -0.2) is 9.78 Å². The molecule has 2 N–H and O–H groups in total. The van der Waals surface area contributed by atoms with E-state index in [1.165, 1.54) is 18.1 Å². The summed E-state index contributed by atoms with van der Waals surface area (Å²) >= 11 is 0. The van der Waals surface area contributed by atoms with E-state index < -0.39 is 11.1 Å². The van der Waals surface area contributed by atoms with E-state index in [4.69, 9.17) is 28.3 Å². The first kappa shape index (κ1) is 26.8. The molecule has 3 amide bonds. The number of benzene rings is 1. The summed E-state index contributed by atoms with van der Waals surface area (Å²) in [7, 11) is 19.9. The number of nitrogens with zero attached hydrogens (tertiary/aromatic N) is 7. The maximum absolute atomic E-state index is 13.0. The van der Waals surface area contributed by atoms with Crippen LogP contribution in [0.25, 0.3) is 11.4 Å². The van der Waals surface area contributed by atoms with E-state index in [1.807, 2.05) is 6.92 Å². The fourth-order valence-electron chi connectivity index (χ4n) is 3.91. The Balaban J connectivity index is 1.76. The molecule has 2 aromatic heterocycles. The number of aryl methyl sites for hydroxylation is 1. The van der Waals surface area contributed by atoms with Crippen molar-refractivity contribution in [2.45, 2.75) is 18.6 Å².